The molecule has 1 heterocycles. The first-order valence-electron chi connectivity index (χ1n) is 5.25. The molecule has 3 N–H and O–H groups in total. The summed E-state index contributed by atoms with van der Waals surface area (Å²) in [6.45, 7) is 4.43. The van der Waals surface area contributed by atoms with Gasteiger partial charge in [-0.3, -0.25) is 0 Å². The first-order chi connectivity index (χ1) is 7.36. The van der Waals surface area contributed by atoms with E-state index in [1.165, 1.54) is 10.9 Å². The molecule has 0 amide bonds. The minimum absolute atomic E-state index is 0.552. The zero-order valence-electron chi connectivity index (χ0n) is 8.92. The monoisotopic (exact) mass is 204 g/mol. The van der Waals surface area contributed by atoms with Gasteiger partial charge in [0.2, 0.25) is 0 Å². The van der Waals surface area contributed by atoms with Crippen molar-refractivity contribution in [3.05, 3.63) is 35.6 Å². The summed E-state index contributed by atoms with van der Waals surface area (Å²) in [4.78, 5) is 0. The van der Waals surface area contributed by atoms with Crippen LogP contribution in [0.2, 0.25) is 0 Å². The molecule has 0 aliphatic carbocycles. The van der Waals surface area contributed by atoms with E-state index in [-0.39, 0.29) is 0 Å². The van der Waals surface area contributed by atoms with Crippen molar-refractivity contribution in [3.8, 4) is 0 Å². The highest BCUT2D eigenvalue weighted by atomic mass is 16.3. The van der Waals surface area contributed by atoms with Gasteiger partial charge in [-0.25, -0.2) is 0 Å². The van der Waals surface area contributed by atoms with Gasteiger partial charge in [0.05, 0.1) is 6.26 Å². The quantitative estimate of drug-likeness (QED) is 0.801. The number of nitrogens with two attached hydrogens (primary N) is 1. The van der Waals surface area contributed by atoms with Crippen LogP contribution in [0, 0.1) is 0 Å². The fourth-order valence-electron chi connectivity index (χ4n) is 1.79. The standard InChI is InChI=1S/C12H16N2O/c1-2-14-7-10-8-15-11-5-3-4-9(6-13)12(10)11/h3-5,8,14H,2,6-7,13H2,1H3. The third-order valence-electron chi connectivity index (χ3n) is 2.55. The molecule has 0 atom stereocenters. The van der Waals surface area contributed by atoms with E-state index in [4.69, 9.17) is 10.2 Å². The maximum Gasteiger partial charge on any atom is 0.134 e. The molecule has 0 aliphatic heterocycles. The Morgan fingerprint density at radius 3 is 2.93 bits per heavy atom. The van der Waals surface area contributed by atoms with Gasteiger partial charge in [0.15, 0.2) is 0 Å². The molecule has 3 heteroatoms. The van der Waals surface area contributed by atoms with Gasteiger partial charge in [0.1, 0.15) is 5.58 Å². The first kappa shape index (κ1) is 10.2. The number of fused-ring (bicyclic) bond motifs is 1. The number of hydrogen-bond acceptors (Lipinski definition) is 3. The van der Waals surface area contributed by atoms with Gasteiger partial charge < -0.3 is 15.5 Å². The Morgan fingerprint density at radius 1 is 1.33 bits per heavy atom. The van der Waals surface area contributed by atoms with Crippen LogP contribution in [-0.4, -0.2) is 6.54 Å². The van der Waals surface area contributed by atoms with Crippen molar-refractivity contribution in [2.45, 2.75) is 20.0 Å². The second-order valence-electron chi connectivity index (χ2n) is 3.54. The lowest BCUT2D eigenvalue weighted by Gasteiger charge is -2.02. The Morgan fingerprint density at radius 2 is 2.20 bits per heavy atom. The molecule has 1 aromatic heterocycles. The molecule has 2 rings (SSSR count). The zero-order chi connectivity index (χ0) is 10.7. The molecule has 2 aromatic rings. The average Bonchev–Trinajstić information content (AvgIpc) is 2.69. The van der Waals surface area contributed by atoms with Crippen molar-refractivity contribution in [2.75, 3.05) is 6.54 Å². The highest BCUT2D eigenvalue weighted by molar-refractivity contribution is 5.84. The number of nitrogens with one attached hydrogen (secondary N) is 1. The molecule has 0 unspecified atom stereocenters. The van der Waals surface area contributed by atoms with E-state index in [1.54, 1.807) is 0 Å². The first-order valence-corrected chi connectivity index (χ1v) is 5.25. The van der Waals surface area contributed by atoms with Crippen molar-refractivity contribution in [1.82, 2.24) is 5.32 Å². The number of hydrogen-bond donors (Lipinski definition) is 2. The molecule has 0 radical (unpaired) electrons. The van der Waals surface area contributed by atoms with Gasteiger partial charge in [0, 0.05) is 24.0 Å². The van der Waals surface area contributed by atoms with Crippen molar-refractivity contribution >= 4 is 11.0 Å². The minimum atomic E-state index is 0.552. The van der Waals surface area contributed by atoms with E-state index in [9.17, 15) is 0 Å². The molecular weight excluding hydrogens is 188 g/mol. The lowest BCUT2D eigenvalue weighted by Crippen LogP contribution is -2.11. The smallest absolute Gasteiger partial charge is 0.134 e. The molecule has 0 bridgehead atoms. The van der Waals surface area contributed by atoms with Gasteiger partial charge in [0.25, 0.3) is 0 Å². The maximum atomic E-state index is 5.71. The van der Waals surface area contributed by atoms with Gasteiger partial charge >= 0.3 is 0 Å². The Labute approximate surface area is 89.3 Å². The summed E-state index contributed by atoms with van der Waals surface area (Å²) in [5, 5.41) is 4.46. The van der Waals surface area contributed by atoms with Crippen LogP contribution >= 0.6 is 0 Å². The van der Waals surface area contributed by atoms with Crippen LogP contribution in [0.25, 0.3) is 11.0 Å². The highest BCUT2D eigenvalue weighted by Crippen LogP contribution is 2.24. The summed E-state index contributed by atoms with van der Waals surface area (Å²) >= 11 is 0. The molecular formula is C12H16N2O. The largest absolute Gasteiger partial charge is 0.464 e. The van der Waals surface area contributed by atoms with Crippen molar-refractivity contribution in [2.24, 2.45) is 5.73 Å². The third-order valence-corrected chi connectivity index (χ3v) is 2.55. The fourth-order valence-corrected chi connectivity index (χ4v) is 1.79. The SMILES string of the molecule is CCNCc1coc2cccc(CN)c12. The zero-order valence-corrected chi connectivity index (χ0v) is 8.92. The van der Waals surface area contributed by atoms with Crippen molar-refractivity contribution < 1.29 is 4.42 Å². The molecule has 3 nitrogen and oxygen atoms in total. The molecule has 0 saturated heterocycles. The summed E-state index contributed by atoms with van der Waals surface area (Å²) in [5.74, 6) is 0. The molecule has 15 heavy (non-hydrogen) atoms. The summed E-state index contributed by atoms with van der Waals surface area (Å²) in [7, 11) is 0. The van der Waals surface area contributed by atoms with Crippen molar-refractivity contribution in [3.63, 3.8) is 0 Å². The predicted molar refractivity (Wildman–Crippen MR) is 61.5 cm³/mol. The van der Waals surface area contributed by atoms with E-state index in [2.05, 4.69) is 12.2 Å². The fraction of sp³-hybridized carbons (Fsp3) is 0.333. The Kier molecular flexibility index (Phi) is 3.04. The van der Waals surface area contributed by atoms with Crippen LogP contribution in [-0.2, 0) is 13.1 Å². The van der Waals surface area contributed by atoms with Gasteiger partial charge in [-0.05, 0) is 18.2 Å². The van der Waals surface area contributed by atoms with Crippen LogP contribution in [0.4, 0.5) is 0 Å². The summed E-state index contributed by atoms with van der Waals surface area (Å²) < 4.78 is 5.49. The summed E-state index contributed by atoms with van der Waals surface area (Å²) in [5.41, 5.74) is 8.97. The Balaban J connectivity index is 2.46. The second-order valence-corrected chi connectivity index (χ2v) is 3.54. The van der Waals surface area contributed by atoms with E-state index in [0.717, 1.165) is 24.2 Å². The molecule has 0 aliphatic rings. The van der Waals surface area contributed by atoms with Gasteiger partial charge in [-0.15, -0.1) is 0 Å². The molecule has 1 aromatic carbocycles. The Hall–Kier alpha value is -1.32. The Bertz CT molecular complexity index is 448. The van der Waals surface area contributed by atoms with Crippen LogP contribution in [0.1, 0.15) is 18.1 Å². The predicted octanol–water partition coefficient (Wildman–Crippen LogP) is 2.00. The molecule has 80 valence electrons. The molecule has 0 spiro atoms. The normalized spacial score (nSPS) is 11.1. The second kappa shape index (κ2) is 4.47. The summed E-state index contributed by atoms with van der Waals surface area (Å²) in [6.07, 6.45) is 1.81. The van der Waals surface area contributed by atoms with Crippen LogP contribution < -0.4 is 11.1 Å². The lowest BCUT2D eigenvalue weighted by atomic mass is 10.1. The third kappa shape index (κ3) is 1.89. The molecule has 0 fully saturated rings. The highest BCUT2D eigenvalue weighted by Gasteiger charge is 2.08. The van der Waals surface area contributed by atoms with E-state index in [1.807, 2.05) is 24.5 Å². The van der Waals surface area contributed by atoms with Crippen LogP contribution in [0.3, 0.4) is 0 Å². The number of benzene rings is 1. The van der Waals surface area contributed by atoms with Gasteiger partial charge in [-0.1, -0.05) is 19.1 Å². The lowest BCUT2D eigenvalue weighted by molar-refractivity contribution is 0.604. The van der Waals surface area contributed by atoms with Crippen LogP contribution in [0.5, 0.6) is 0 Å². The minimum Gasteiger partial charge on any atom is -0.464 e. The van der Waals surface area contributed by atoms with Crippen molar-refractivity contribution in [1.29, 1.82) is 0 Å². The summed E-state index contributed by atoms with van der Waals surface area (Å²) in [6, 6.07) is 6.00. The molecule has 0 saturated carbocycles. The maximum absolute atomic E-state index is 5.71. The number of furan rings is 1. The van der Waals surface area contributed by atoms with E-state index < -0.39 is 0 Å². The van der Waals surface area contributed by atoms with E-state index in [0.29, 0.717) is 6.54 Å². The topological polar surface area (TPSA) is 51.2 Å². The van der Waals surface area contributed by atoms with Crippen LogP contribution in [0.15, 0.2) is 28.9 Å². The number of rotatable bonds is 4. The average molecular weight is 204 g/mol. The van der Waals surface area contributed by atoms with Gasteiger partial charge in [-0.2, -0.15) is 0 Å². The van der Waals surface area contributed by atoms with E-state index >= 15 is 0 Å².